The van der Waals surface area contributed by atoms with Gasteiger partial charge < -0.3 is 4.74 Å². The summed E-state index contributed by atoms with van der Waals surface area (Å²) in [6.45, 7) is 3.10. The lowest BCUT2D eigenvalue weighted by molar-refractivity contribution is 0.196. The van der Waals surface area contributed by atoms with Gasteiger partial charge in [-0.05, 0) is 86.8 Å². The molecule has 2 nitrogen and oxygen atoms in total. The third kappa shape index (κ3) is 6.27. The molecule has 0 amide bonds. The zero-order chi connectivity index (χ0) is 18.9. The first-order valence-electron chi connectivity index (χ1n) is 11.4. The van der Waals surface area contributed by atoms with E-state index in [-0.39, 0.29) is 5.92 Å². The first-order chi connectivity index (χ1) is 13.3. The van der Waals surface area contributed by atoms with E-state index < -0.39 is 0 Å². The summed E-state index contributed by atoms with van der Waals surface area (Å²) in [7, 11) is 0. The Bertz CT molecular complexity index is 571. The summed E-state index contributed by atoms with van der Waals surface area (Å²) in [4.78, 5) is 0. The lowest BCUT2D eigenvalue weighted by Crippen LogP contribution is -2.19. The number of benzene rings is 1. The fraction of sp³-hybridized carbons (Fsp3) is 0.720. The third-order valence-corrected chi connectivity index (χ3v) is 6.93. The molecule has 0 atom stereocenters. The average molecular weight is 368 g/mol. The van der Waals surface area contributed by atoms with Gasteiger partial charge in [0.05, 0.1) is 12.7 Å². The predicted octanol–water partition coefficient (Wildman–Crippen LogP) is 7.25. The van der Waals surface area contributed by atoms with Crippen LogP contribution in [0.3, 0.4) is 0 Å². The number of hydrogen-bond acceptors (Lipinski definition) is 2. The van der Waals surface area contributed by atoms with Crippen LogP contribution >= 0.6 is 0 Å². The molecule has 0 aliphatic heterocycles. The van der Waals surface area contributed by atoms with Crippen molar-refractivity contribution < 1.29 is 4.74 Å². The molecule has 2 aliphatic carbocycles. The lowest BCUT2D eigenvalue weighted by atomic mass is 9.77. The Morgan fingerprint density at radius 2 is 1.56 bits per heavy atom. The van der Waals surface area contributed by atoms with Crippen molar-refractivity contribution in [1.29, 1.82) is 5.26 Å². The maximum absolute atomic E-state index is 9.00. The summed E-state index contributed by atoms with van der Waals surface area (Å²) < 4.78 is 6.05. The summed E-state index contributed by atoms with van der Waals surface area (Å²) in [6.07, 6.45) is 15.5. The van der Waals surface area contributed by atoms with Crippen molar-refractivity contribution in [3.63, 3.8) is 0 Å². The van der Waals surface area contributed by atoms with E-state index in [4.69, 9.17) is 10.00 Å². The van der Waals surface area contributed by atoms with E-state index in [1.807, 2.05) is 0 Å². The number of hydrogen-bond donors (Lipinski definition) is 0. The summed E-state index contributed by atoms with van der Waals surface area (Å²) in [5.74, 6) is 3.64. The molecule has 2 aliphatic rings. The predicted molar refractivity (Wildman–Crippen MR) is 112 cm³/mol. The third-order valence-electron chi connectivity index (χ3n) is 6.93. The molecular weight excluding hydrogens is 330 g/mol. The normalized spacial score (nSPS) is 28.4. The lowest BCUT2D eigenvalue weighted by Gasteiger charge is -2.29. The molecule has 2 heteroatoms. The zero-order valence-electron chi connectivity index (χ0n) is 17.2. The molecular formula is C25H37NO. The highest BCUT2D eigenvalue weighted by atomic mass is 16.5. The number of nitrogens with zero attached hydrogens (tertiary/aromatic N) is 1. The fourth-order valence-corrected chi connectivity index (χ4v) is 4.98. The molecule has 0 aromatic heterocycles. The zero-order valence-corrected chi connectivity index (χ0v) is 17.2. The molecule has 0 heterocycles. The molecule has 0 bridgehead atoms. The Labute approximate surface area is 166 Å². The highest BCUT2D eigenvalue weighted by Gasteiger charge is 2.23. The minimum absolute atomic E-state index is 0.280. The van der Waals surface area contributed by atoms with Crippen LogP contribution in [-0.2, 0) is 0 Å². The van der Waals surface area contributed by atoms with Crippen LogP contribution < -0.4 is 4.74 Å². The maximum Gasteiger partial charge on any atom is 0.119 e. The second kappa shape index (κ2) is 10.7. The van der Waals surface area contributed by atoms with Crippen molar-refractivity contribution in [2.24, 2.45) is 17.8 Å². The van der Waals surface area contributed by atoms with Gasteiger partial charge in [0.1, 0.15) is 5.75 Å². The van der Waals surface area contributed by atoms with Crippen molar-refractivity contribution in [2.45, 2.75) is 89.9 Å². The Hall–Kier alpha value is -1.49. The van der Waals surface area contributed by atoms with Gasteiger partial charge >= 0.3 is 0 Å². The number of ether oxygens (including phenoxy) is 1. The topological polar surface area (TPSA) is 33.0 Å². The van der Waals surface area contributed by atoms with E-state index >= 15 is 0 Å². The van der Waals surface area contributed by atoms with E-state index in [0.717, 1.165) is 49.9 Å². The minimum atomic E-state index is 0.280. The molecule has 0 unspecified atom stereocenters. The second-order valence-electron chi connectivity index (χ2n) is 8.94. The Morgan fingerprint density at radius 3 is 2.19 bits per heavy atom. The second-order valence-corrected chi connectivity index (χ2v) is 8.94. The van der Waals surface area contributed by atoms with Crippen LogP contribution in [0.2, 0.25) is 0 Å². The highest BCUT2D eigenvalue weighted by Crippen LogP contribution is 2.38. The van der Waals surface area contributed by atoms with Crippen molar-refractivity contribution in [2.75, 3.05) is 6.61 Å². The smallest absolute Gasteiger partial charge is 0.119 e. The van der Waals surface area contributed by atoms with E-state index in [9.17, 15) is 0 Å². The monoisotopic (exact) mass is 367 g/mol. The van der Waals surface area contributed by atoms with Crippen LogP contribution in [0.4, 0.5) is 0 Å². The van der Waals surface area contributed by atoms with Gasteiger partial charge in [0.15, 0.2) is 0 Å². The van der Waals surface area contributed by atoms with Crippen molar-refractivity contribution in [3.05, 3.63) is 29.8 Å². The molecule has 148 valence electrons. The molecule has 0 saturated heterocycles. The van der Waals surface area contributed by atoms with E-state index in [2.05, 4.69) is 37.3 Å². The number of rotatable bonds is 8. The fourth-order valence-electron chi connectivity index (χ4n) is 4.98. The number of nitriles is 1. The van der Waals surface area contributed by atoms with Crippen LogP contribution in [0, 0.1) is 29.1 Å². The first kappa shape index (κ1) is 20.2. The molecule has 0 spiro atoms. The molecule has 0 radical (unpaired) electrons. The summed E-state index contributed by atoms with van der Waals surface area (Å²) in [5, 5.41) is 9.00. The SMILES string of the molecule is CCCCCC1CCC(c2ccc(OCC3CCC(C#N)CC3)cc2)CC1. The summed E-state index contributed by atoms with van der Waals surface area (Å²) in [5.41, 5.74) is 1.50. The van der Waals surface area contributed by atoms with Crippen LogP contribution in [-0.4, -0.2) is 6.61 Å². The maximum atomic E-state index is 9.00. The van der Waals surface area contributed by atoms with Crippen LogP contribution in [0.15, 0.2) is 24.3 Å². The van der Waals surface area contributed by atoms with Gasteiger partial charge in [-0.25, -0.2) is 0 Å². The van der Waals surface area contributed by atoms with Crippen molar-refractivity contribution in [1.82, 2.24) is 0 Å². The van der Waals surface area contributed by atoms with Gasteiger partial charge in [-0.3, -0.25) is 0 Å². The largest absolute Gasteiger partial charge is 0.493 e. The molecule has 1 aromatic rings. The Kier molecular flexibility index (Phi) is 8.06. The summed E-state index contributed by atoms with van der Waals surface area (Å²) in [6, 6.07) is 11.3. The van der Waals surface area contributed by atoms with Crippen LogP contribution in [0.25, 0.3) is 0 Å². The van der Waals surface area contributed by atoms with Gasteiger partial charge in [-0.1, -0.05) is 44.7 Å². The molecule has 0 N–H and O–H groups in total. The Morgan fingerprint density at radius 1 is 0.889 bits per heavy atom. The first-order valence-corrected chi connectivity index (χ1v) is 11.4. The molecule has 2 saturated carbocycles. The van der Waals surface area contributed by atoms with Crippen molar-refractivity contribution >= 4 is 0 Å². The average Bonchev–Trinajstić information content (AvgIpc) is 2.74. The molecule has 27 heavy (non-hydrogen) atoms. The van der Waals surface area contributed by atoms with Gasteiger partial charge in [0.25, 0.3) is 0 Å². The molecule has 3 rings (SSSR count). The van der Waals surface area contributed by atoms with E-state index in [1.165, 1.54) is 56.9 Å². The van der Waals surface area contributed by atoms with E-state index in [1.54, 1.807) is 0 Å². The highest BCUT2D eigenvalue weighted by molar-refractivity contribution is 5.29. The Balaban J connectivity index is 1.38. The van der Waals surface area contributed by atoms with Gasteiger partial charge in [-0.15, -0.1) is 0 Å². The van der Waals surface area contributed by atoms with Crippen LogP contribution in [0.5, 0.6) is 5.75 Å². The van der Waals surface area contributed by atoms with E-state index in [0.29, 0.717) is 5.92 Å². The minimum Gasteiger partial charge on any atom is -0.493 e. The van der Waals surface area contributed by atoms with Gasteiger partial charge in [0.2, 0.25) is 0 Å². The van der Waals surface area contributed by atoms with Gasteiger partial charge in [0, 0.05) is 5.92 Å². The van der Waals surface area contributed by atoms with Crippen LogP contribution in [0.1, 0.15) is 95.5 Å². The van der Waals surface area contributed by atoms with Crippen molar-refractivity contribution in [3.8, 4) is 11.8 Å². The molecule has 1 aromatic carbocycles. The number of unbranched alkanes of at least 4 members (excludes halogenated alkanes) is 2. The summed E-state index contributed by atoms with van der Waals surface area (Å²) >= 11 is 0. The standard InChI is InChI=1S/C25H37NO/c1-2-3-4-5-20-10-12-23(13-11-20)24-14-16-25(17-15-24)27-19-22-8-6-21(18-26)7-9-22/h14-17,20-23H,2-13,19H2,1H3. The van der Waals surface area contributed by atoms with Gasteiger partial charge in [-0.2, -0.15) is 5.26 Å². The quantitative estimate of drug-likeness (QED) is 0.453. The molecule has 2 fully saturated rings.